The first kappa shape index (κ1) is 18.7. The van der Waals surface area contributed by atoms with Gasteiger partial charge in [0.05, 0.1) is 11.3 Å². The topological polar surface area (TPSA) is 59.7 Å². The lowest BCUT2D eigenvalue weighted by Gasteiger charge is -2.19. The summed E-state index contributed by atoms with van der Waals surface area (Å²) in [7, 11) is 1.77. The Bertz CT molecular complexity index is 1140. The predicted molar refractivity (Wildman–Crippen MR) is 111 cm³/mol. The van der Waals surface area contributed by atoms with Crippen LogP contribution in [0.25, 0.3) is 5.65 Å². The Hall–Kier alpha value is -3.67. The molecule has 0 radical (unpaired) electrons. The highest BCUT2D eigenvalue weighted by molar-refractivity contribution is 5.96. The molecule has 0 N–H and O–H groups in total. The number of hydrogen-bond donors (Lipinski definition) is 0. The number of rotatable bonds is 6. The zero-order valence-electron chi connectivity index (χ0n) is 16.4. The fourth-order valence-corrected chi connectivity index (χ4v) is 3.24. The molecule has 6 nitrogen and oxygen atoms in total. The highest BCUT2D eigenvalue weighted by Crippen LogP contribution is 2.22. The maximum absolute atomic E-state index is 13.0. The standard InChI is InChI=1S/C23H22N4O2/c1-17-7-6-12-27-15-19(25-22(17)27)16-29-21-10-4-3-9-20(21)23(28)26(2)14-18-8-5-11-24-13-18/h3-13,15H,14,16H2,1-2H3. The number of carbonyl (C=O) groups excluding carboxylic acids is 1. The van der Waals surface area contributed by atoms with Crippen molar-refractivity contribution in [3.63, 3.8) is 0 Å². The van der Waals surface area contributed by atoms with Crippen LogP contribution in [0.5, 0.6) is 5.75 Å². The summed E-state index contributed by atoms with van der Waals surface area (Å²) in [6, 6.07) is 15.1. The van der Waals surface area contributed by atoms with Crippen LogP contribution in [0.3, 0.4) is 0 Å². The number of ether oxygens (including phenoxy) is 1. The number of imidazole rings is 1. The molecule has 0 unspecified atom stereocenters. The molecule has 0 saturated heterocycles. The van der Waals surface area contributed by atoms with Crippen molar-refractivity contribution in [2.45, 2.75) is 20.1 Å². The Labute approximate surface area is 169 Å². The van der Waals surface area contributed by atoms with Crippen LogP contribution in [-0.4, -0.2) is 32.2 Å². The molecule has 1 amide bonds. The van der Waals surface area contributed by atoms with Gasteiger partial charge in [-0.25, -0.2) is 4.98 Å². The summed E-state index contributed by atoms with van der Waals surface area (Å²) in [6.07, 6.45) is 7.39. The minimum absolute atomic E-state index is 0.102. The Morgan fingerprint density at radius 3 is 2.79 bits per heavy atom. The molecule has 0 bridgehead atoms. The molecule has 0 saturated carbocycles. The van der Waals surface area contributed by atoms with E-state index in [2.05, 4.69) is 9.97 Å². The van der Waals surface area contributed by atoms with E-state index >= 15 is 0 Å². The molecule has 1 aromatic carbocycles. The number of benzene rings is 1. The van der Waals surface area contributed by atoms with Crippen molar-refractivity contribution in [3.8, 4) is 5.75 Å². The van der Waals surface area contributed by atoms with Crippen LogP contribution in [0.15, 0.2) is 73.3 Å². The van der Waals surface area contributed by atoms with E-state index < -0.39 is 0 Å². The normalized spacial score (nSPS) is 10.8. The maximum Gasteiger partial charge on any atom is 0.257 e. The summed E-state index contributed by atoms with van der Waals surface area (Å²) >= 11 is 0. The second-order valence-corrected chi connectivity index (χ2v) is 6.96. The fourth-order valence-electron chi connectivity index (χ4n) is 3.24. The van der Waals surface area contributed by atoms with Gasteiger partial charge in [0.25, 0.3) is 5.91 Å². The van der Waals surface area contributed by atoms with E-state index in [1.165, 1.54) is 0 Å². The Balaban J connectivity index is 1.50. The zero-order chi connectivity index (χ0) is 20.2. The van der Waals surface area contributed by atoms with Gasteiger partial charge in [0.15, 0.2) is 0 Å². The van der Waals surface area contributed by atoms with Crippen molar-refractivity contribution in [3.05, 3.63) is 95.7 Å². The minimum Gasteiger partial charge on any atom is -0.486 e. The Kier molecular flexibility index (Phi) is 5.24. The van der Waals surface area contributed by atoms with Gasteiger partial charge < -0.3 is 14.0 Å². The van der Waals surface area contributed by atoms with Crippen LogP contribution in [-0.2, 0) is 13.2 Å². The van der Waals surface area contributed by atoms with Crippen molar-refractivity contribution < 1.29 is 9.53 Å². The minimum atomic E-state index is -0.102. The number of aromatic nitrogens is 3. The summed E-state index contributed by atoms with van der Waals surface area (Å²) in [5.74, 6) is 0.444. The average molecular weight is 386 g/mol. The summed E-state index contributed by atoms with van der Waals surface area (Å²) in [6.45, 7) is 2.80. The van der Waals surface area contributed by atoms with Crippen LogP contribution >= 0.6 is 0 Å². The first-order valence-corrected chi connectivity index (χ1v) is 9.41. The van der Waals surface area contributed by atoms with Crippen LogP contribution in [0.4, 0.5) is 0 Å². The van der Waals surface area contributed by atoms with E-state index in [1.54, 1.807) is 30.4 Å². The van der Waals surface area contributed by atoms with Crippen molar-refractivity contribution in [2.24, 2.45) is 0 Å². The SMILES string of the molecule is Cc1cccn2cc(COc3ccccc3C(=O)N(C)Cc3cccnc3)nc12. The van der Waals surface area contributed by atoms with Crippen LogP contribution < -0.4 is 4.74 Å². The molecule has 146 valence electrons. The summed E-state index contributed by atoms with van der Waals surface area (Å²) < 4.78 is 7.96. The molecule has 6 heteroatoms. The van der Waals surface area contributed by atoms with Gasteiger partial charge in [-0.2, -0.15) is 0 Å². The third-order valence-corrected chi connectivity index (χ3v) is 4.71. The van der Waals surface area contributed by atoms with Gasteiger partial charge in [0.2, 0.25) is 0 Å². The number of para-hydroxylation sites is 1. The third-order valence-electron chi connectivity index (χ3n) is 4.71. The van der Waals surface area contributed by atoms with Crippen LogP contribution in [0.2, 0.25) is 0 Å². The van der Waals surface area contributed by atoms with Gasteiger partial charge in [-0.15, -0.1) is 0 Å². The largest absolute Gasteiger partial charge is 0.486 e. The summed E-state index contributed by atoms with van der Waals surface area (Å²) in [5.41, 5.74) is 4.32. The molecule has 4 aromatic rings. The van der Waals surface area contributed by atoms with Crippen molar-refractivity contribution in [1.29, 1.82) is 0 Å². The first-order valence-electron chi connectivity index (χ1n) is 9.41. The molecule has 0 aliphatic heterocycles. The maximum atomic E-state index is 13.0. The molecule has 0 fully saturated rings. The lowest BCUT2D eigenvalue weighted by Crippen LogP contribution is -2.26. The van der Waals surface area contributed by atoms with Crippen LogP contribution in [0.1, 0.15) is 27.2 Å². The van der Waals surface area contributed by atoms with E-state index in [-0.39, 0.29) is 12.5 Å². The van der Waals surface area contributed by atoms with E-state index in [9.17, 15) is 4.79 Å². The fraction of sp³-hybridized carbons (Fsp3) is 0.174. The van der Waals surface area contributed by atoms with Gasteiger partial charge in [-0.05, 0) is 42.3 Å². The highest BCUT2D eigenvalue weighted by Gasteiger charge is 2.17. The number of aryl methyl sites for hydroxylation is 1. The van der Waals surface area contributed by atoms with Crippen molar-refractivity contribution in [1.82, 2.24) is 19.3 Å². The summed E-state index contributed by atoms with van der Waals surface area (Å²) in [5, 5.41) is 0. The molecule has 3 heterocycles. The van der Waals surface area contributed by atoms with Gasteiger partial charge in [0.1, 0.15) is 18.0 Å². The van der Waals surface area contributed by atoms with Gasteiger partial charge in [-0.1, -0.05) is 24.3 Å². The van der Waals surface area contributed by atoms with Crippen molar-refractivity contribution in [2.75, 3.05) is 7.05 Å². The average Bonchev–Trinajstić information content (AvgIpc) is 3.17. The second kappa shape index (κ2) is 8.14. The Morgan fingerprint density at radius 1 is 1.14 bits per heavy atom. The number of nitrogens with zero attached hydrogens (tertiary/aromatic N) is 4. The molecule has 3 aromatic heterocycles. The smallest absolute Gasteiger partial charge is 0.257 e. The molecule has 0 atom stereocenters. The van der Waals surface area contributed by atoms with Gasteiger partial charge >= 0.3 is 0 Å². The molecular weight excluding hydrogens is 364 g/mol. The highest BCUT2D eigenvalue weighted by atomic mass is 16.5. The molecule has 0 aliphatic carbocycles. The van der Waals surface area contributed by atoms with E-state index in [4.69, 9.17) is 4.74 Å². The summed E-state index contributed by atoms with van der Waals surface area (Å²) in [4.78, 5) is 23.4. The first-order chi connectivity index (χ1) is 14.1. The number of amides is 1. The monoisotopic (exact) mass is 386 g/mol. The second-order valence-electron chi connectivity index (χ2n) is 6.96. The van der Waals surface area contributed by atoms with E-state index in [0.717, 1.165) is 22.5 Å². The third kappa shape index (κ3) is 4.11. The molecule has 0 aliphatic rings. The number of carbonyl (C=O) groups is 1. The predicted octanol–water partition coefficient (Wildman–Crippen LogP) is 3.89. The number of pyridine rings is 2. The molecule has 0 spiro atoms. The van der Waals surface area contributed by atoms with Gasteiger partial charge in [-0.3, -0.25) is 9.78 Å². The van der Waals surface area contributed by atoms with Crippen LogP contribution in [0, 0.1) is 6.92 Å². The lowest BCUT2D eigenvalue weighted by molar-refractivity contribution is 0.0780. The molecule has 29 heavy (non-hydrogen) atoms. The van der Waals surface area contributed by atoms with Gasteiger partial charge in [0, 0.05) is 38.4 Å². The number of fused-ring (bicyclic) bond motifs is 1. The van der Waals surface area contributed by atoms with E-state index in [0.29, 0.717) is 17.9 Å². The quantitative estimate of drug-likeness (QED) is 0.504. The lowest BCUT2D eigenvalue weighted by atomic mass is 10.1. The van der Waals surface area contributed by atoms with E-state index in [1.807, 2.05) is 66.2 Å². The molecular formula is C23H22N4O2. The molecule has 4 rings (SSSR count). The van der Waals surface area contributed by atoms with Crippen molar-refractivity contribution >= 4 is 11.6 Å². The number of hydrogen-bond acceptors (Lipinski definition) is 4. The zero-order valence-corrected chi connectivity index (χ0v) is 16.4. The Morgan fingerprint density at radius 2 is 2.00 bits per heavy atom.